The van der Waals surface area contributed by atoms with Crippen LogP contribution in [0.3, 0.4) is 0 Å². The fraction of sp³-hybridized carbons (Fsp3) is 0.312. The van der Waals surface area contributed by atoms with E-state index >= 15 is 0 Å². The van der Waals surface area contributed by atoms with E-state index in [0.29, 0.717) is 25.4 Å². The van der Waals surface area contributed by atoms with Gasteiger partial charge in [0.2, 0.25) is 0 Å². The Morgan fingerprint density at radius 3 is 2.73 bits per heavy atom. The topological polar surface area (TPSA) is 64.4 Å². The highest BCUT2D eigenvalue weighted by Crippen LogP contribution is 2.11. The number of para-hydroxylation sites is 1. The van der Waals surface area contributed by atoms with Gasteiger partial charge in [-0.3, -0.25) is 9.59 Å². The second kappa shape index (κ2) is 6.11. The maximum Gasteiger partial charge on any atom is 0.274 e. The number of nitrogens with zero attached hydrogens (tertiary/aromatic N) is 3. The van der Waals surface area contributed by atoms with Gasteiger partial charge in [-0.05, 0) is 25.1 Å². The molecule has 1 aliphatic heterocycles. The van der Waals surface area contributed by atoms with Gasteiger partial charge in [-0.2, -0.15) is 9.78 Å². The molecule has 0 N–H and O–H groups in total. The van der Waals surface area contributed by atoms with E-state index in [0.717, 1.165) is 0 Å². The van der Waals surface area contributed by atoms with Crippen molar-refractivity contribution in [3.05, 3.63) is 58.5 Å². The monoisotopic (exact) mass is 299 g/mol. The van der Waals surface area contributed by atoms with Crippen LogP contribution >= 0.6 is 0 Å². The minimum Gasteiger partial charge on any atom is -0.377 e. The molecule has 1 aromatic carbocycles. The van der Waals surface area contributed by atoms with E-state index in [1.807, 2.05) is 25.1 Å². The molecule has 1 aliphatic rings. The molecule has 0 spiro atoms. The first kappa shape index (κ1) is 14.5. The summed E-state index contributed by atoms with van der Waals surface area (Å²) in [5, 5.41) is 4.22. The average molecular weight is 299 g/mol. The minimum atomic E-state index is -0.266. The number of benzene rings is 1. The predicted molar refractivity (Wildman–Crippen MR) is 81.2 cm³/mol. The molecule has 0 radical (unpaired) electrons. The van der Waals surface area contributed by atoms with Crippen LogP contribution in [0, 0.1) is 0 Å². The zero-order valence-corrected chi connectivity index (χ0v) is 12.3. The summed E-state index contributed by atoms with van der Waals surface area (Å²) in [6.45, 7) is 3.51. The van der Waals surface area contributed by atoms with E-state index in [1.165, 1.54) is 16.8 Å². The maximum absolute atomic E-state index is 12.6. The van der Waals surface area contributed by atoms with Gasteiger partial charge < -0.3 is 9.64 Å². The van der Waals surface area contributed by atoms with Crippen molar-refractivity contribution in [1.29, 1.82) is 0 Å². The van der Waals surface area contributed by atoms with Gasteiger partial charge in [-0.15, -0.1) is 0 Å². The van der Waals surface area contributed by atoms with E-state index in [9.17, 15) is 9.59 Å². The standard InChI is InChI=1S/C16H17N3O3/c1-12-11-22-10-9-18(12)16(21)14-7-8-15(20)19(17-14)13-5-3-2-4-6-13/h2-8,12H,9-11H2,1H3/t12-/m1/s1. The SMILES string of the molecule is C[C@@H]1COCCN1C(=O)c1ccc(=O)n(-c2ccccc2)n1. The van der Waals surface area contributed by atoms with Crippen LogP contribution in [0.2, 0.25) is 0 Å². The van der Waals surface area contributed by atoms with Crippen molar-refractivity contribution in [2.75, 3.05) is 19.8 Å². The number of aromatic nitrogens is 2. The second-order valence-corrected chi connectivity index (χ2v) is 5.23. The highest BCUT2D eigenvalue weighted by atomic mass is 16.5. The molecule has 1 atom stereocenters. The van der Waals surface area contributed by atoms with E-state index < -0.39 is 0 Å². The molecule has 1 saturated heterocycles. The van der Waals surface area contributed by atoms with E-state index in [2.05, 4.69) is 5.10 Å². The molecule has 0 unspecified atom stereocenters. The minimum absolute atomic E-state index is 0.000142. The molecule has 22 heavy (non-hydrogen) atoms. The molecule has 6 nitrogen and oxygen atoms in total. The third-order valence-corrected chi connectivity index (χ3v) is 3.65. The molecular formula is C16H17N3O3. The van der Waals surface area contributed by atoms with Crippen LogP contribution in [0.1, 0.15) is 17.4 Å². The summed E-state index contributed by atoms with van der Waals surface area (Å²) in [7, 11) is 0. The summed E-state index contributed by atoms with van der Waals surface area (Å²) in [5.41, 5.74) is 0.632. The Bertz CT molecular complexity index is 727. The smallest absolute Gasteiger partial charge is 0.274 e. The fourth-order valence-electron chi connectivity index (χ4n) is 2.46. The van der Waals surface area contributed by atoms with Crippen molar-refractivity contribution in [1.82, 2.24) is 14.7 Å². The molecule has 0 bridgehead atoms. The Labute approximate surface area is 127 Å². The van der Waals surface area contributed by atoms with Crippen molar-refractivity contribution in [3.63, 3.8) is 0 Å². The summed E-state index contributed by atoms with van der Waals surface area (Å²) >= 11 is 0. The number of hydrogen-bond donors (Lipinski definition) is 0. The van der Waals surface area contributed by atoms with Crippen molar-refractivity contribution in [2.45, 2.75) is 13.0 Å². The summed E-state index contributed by atoms with van der Waals surface area (Å²) < 4.78 is 6.59. The van der Waals surface area contributed by atoms with Crippen molar-refractivity contribution >= 4 is 5.91 Å². The molecule has 1 aromatic heterocycles. The van der Waals surface area contributed by atoms with Gasteiger partial charge in [0.15, 0.2) is 0 Å². The number of hydrogen-bond acceptors (Lipinski definition) is 4. The van der Waals surface area contributed by atoms with E-state index in [4.69, 9.17) is 4.74 Å². The lowest BCUT2D eigenvalue weighted by atomic mass is 10.2. The molecule has 1 amide bonds. The van der Waals surface area contributed by atoms with Gasteiger partial charge in [0.05, 0.1) is 24.9 Å². The van der Waals surface area contributed by atoms with Crippen molar-refractivity contribution < 1.29 is 9.53 Å². The van der Waals surface area contributed by atoms with Crippen LogP contribution in [0.5, 0.6) is 0 Å². The molecule has 3 rings (SSSR count). The van der Waals surface area contributed by atoms with Gasteiger partial charge in [-0.25, -0.2) is 0 Å². The van der Waals surface area contributed by atoms with Gasteiger partial charge in [0, 0.05) is 12.6 Å². The third kappa shape index (κ3) is 2.78. The highest BCUT2D eigenvalue weighted by molar-refractivity contribution is 5.92. The Morgan fingerprint density at radius 1 is 1.23 bits per heavy atom. The molecule has 0 aliphatic carbocycles. The van der Waals surface area contributed by atoms with Crippen LogP contribution < -0.4 is 5.56 Å². The number of ether oxygens (including phenoxy) is 1. The van der Waals surface area contributed by atoms with Crippen LogP contribution in [0.25, 0.3) is 5.69 Å². The quantitative estimate of drug-likeness (QED) is 0.833. The zero-order valence-electron chi connectivity index (χ0n) is 12.3. The largest absolute Gasteiger partial charge is 0.377 e. The molecule has 0 saturated carbocycles. The van der Waals surface area contributed by atoms with Crippen molar-refractivity contribution in [2.24, 2.45) is 0 Å². The maximum atomic E-state index is 12.6. The van der Waals surface area contributed by atoms with Crippen molar-refractivity contribution in [3.8, 4) is 5.69 Å². The Kier molecular flexibility index (Phi) is 4.02. The normalized spacial score (nSPS) is 18.2. The van der Waals surface area contributed by atoms with Gasteiger partial charge in [-0.1, -0.05) is 18.2 Å². The molecule has 1 fully saturated rings. The Balaban J connectivity index is 1.95. The molecular weight excluding hydrogens is 282 g/mol. The molecule has 6 heteroatoms. The Morgan fingerprint density at radius 2 is 2.00 bits per heavy atom. The third-order valence-electron chi connectivity index (χ3n) is 3.65. The highest BCUT2D eigenvalue weighted by Gasteiger charge is 2.26. The van der Waals surface area contributed by atoms with Gasteiger partial charge >= 0.3 is 0 Å². The number of morpholine rings is 1. The number of rotatable bonds is 2. The number of carbonyl (C=O) groups is 1. The average Bonchev–Trinajstić information content (AvgIpc) is 2.56. The lowest BCUT2D eigenvalue weighted by molar-refractivity contribution is 0.00317. The first-order valence-corrected chi connectivity index (χ1v) is 7.21. The molecule has 2 aromatic rings. The van der Waals surface area contributed by atoms with E-state index in [1.54, 1.807) is 17.0 Å². The number of carbonyl (C=O) groups excluding carboxylic acids is 1. The predicted octanol–water partition coefficient (Wildman–Crippen LogP) is 1.09. The summed E-state index contributed by atoms with van der Waals surface area (Å²) in [4.78, 5) is 26.3. The lowest BCUT2D eigenvalue weighted by Crippen LogP contribution is -2.47. The summed E-state index contributed by atoms with van der Waals surface area (Å²) in [6, 6.07) is 11.9. The first-order valence-electron chi connectivity index (χ1n) is 7.21. The summed E-state index contributed by atoms with van der Waals surface area (Å²) in [6.07, 6.45) is 0. The lowest BCUT2D eigenvalue weighted by Gasteiger charge is -2.33. The zero-order chi connectivity index (χ0) is 15.5. The number of amides is 1. The van der Waals surface area contributed by atoms with E-state index in [-0.39, 0.29) is 23.2 Å². The van der Waals surface area contributed by atoms with Crippen LogP contribution in [-0.4, -0.2) is 46.4 Å². The van der Waals surface area contributed by atoms with Crippen LogP contribution in [0.15, 0.2) is 47.3 Å². The van der Waals surface area contributed by atoms with Crippen LogP contribution in [0.4, 0.5) is 0 Å². The summed E-state index contributed by atoms with van der Waals surface area (Å²) in [5.74, 6) is -0.180. The van der Waals surface area contributed by atoms with Crippen LogP contribution in [-0.2, 0) is 4.74 Å². The molecule has 114 valence electrons. The first-order chi connectivity index (χ1) is 10.7. The fourth-order valence-corrected chi connectivity index (χ4v) is 2.46. The van der Waals surface area contributed by atoms with Gasteiger partial charge in [0.1, 0.15) is 5.69 Å². The second-order valence-electron chi connectivity index (χ2n) is 5.23. The Hall–Kier alpha value is -2.47. The molecule has 2 heterocycles. The van der Waals surface area contributed by atoms with Gasteiger partial charge in [0.25, 0.3) is 11.5 Å².